The Morgan fingerprint density at radius 2 is 2.06 bits per heavy atom. The summed E-state index contributed by atoms with van der Waals surface area (Å²) in [5.41, 5.74) is 0.631. The second kappa shape index (κ2) is 4.39. The lowest BCUT2D eigenvalue weighted by atomic mass is 9.74. The van der Waals surface area contributed by atoms with Crippen LogP contribution in [0.2, 0.25) is 0 Å². The van der Waals surface area contributed by atoms with Crippen LogP contribution in [-0.4, -0.2) is 22.0 Å². The number of halogens is 2. The van der Waals surface area contributed by atoms with Gasteiger partial charge in [0.25, 0.3) is 0 Å². The SMILES string of the molecule is O=C(O)[C@@H]1CCC(F)(F)C[C@H]1c1ccncc1. The van der Waals surface area contributed by atoms with Crippen molar-refractivity contribution in [1.29, 1.82) is 0 Å². The van der Waals surface area contributed by atoms with Gasteiger partial charge in [0.05, 0.1) is 5.92 Å². The highest BCUT2D eigenvalue weighted by Gasteiger charge is 2.44. The van der Waals surface area contributed by atoms with Crippen LogP contribution in [0.1, 0.15) is 30.7 Å². The van der Waals surface area contributed by atoms with Crippen molar-refractivity contribution in [3.05, 3.63) is 30.1 Å². The van der Waals surface area contributed by atoms with E-state index in [2.05, 4.69) is 4.98 Å². The molecular weight excluding hydrogens is 228 g/mol. The molecule has 0 radical (unpaired) electrons. The Balaban J connectivity index is 2.29. The number of hydrogen-bond acceptors (Lipinski definition) is 2. The average molecular weight is 241 g/mol. The zero-order chi connectivity index (χ0) is 12.5. The van der Waals surface area contributed by atoms with Gasteiger partial charge in [-0.15, -0.1) is 0 Å². The van der Waals surface area contributed by atoms with Gasteiger partial charge >= 0.3 is 5.97 Å². The lowest BCUT2D eigenvalue weighted by Gasteiger charge is -2.33. The van der Waals surface area contributed by atoms with Crippen LogP contribution in [0.15, 0.2) is 24.5 Å². The van der Waals surface area contributed by atoms with E-state index < -0.39 is 30.1 Å². The topological polar surface area (TPSA) is 50.2 Å². The molecule has 1 fully saturated rings. The standard InChI is InChI=1S/C12H13F2NO2/c13-12(14)4-1-9(11(16)17)10(7-12)8-2-5-15-6-3-8/h2-3,5-6,9-10H,1,4,7H2,(H,16,17)/t9-,10+/m1/s1. The summed E-state index contributed by atoms with van der Waals surface area (Å²) in [5.74, 6) is -5.11. The summed E-state index contributed by atoms with van der Waals surface area (Å²) in [5, 5.41) is 9.08. The van der Waals surface area contributed by atoms with E-state index in [1.807, 2.05) is 0 Å². The molecule has 0 bridgehead atoms. The molecule has 1 aliphatic rings. The van der Waals surface area contributed by atoms with Gasteiger partial charge in [0, 0.05) is 31.2 Å². The summed E-state index contributed by atoms with van der Waals surface area (Å²) < 4.78 is 26.7. The fourth-order valence-electron chi connectivity index (χ4n) is 2.39. The molecule has 0 aromatic carbocycles. The number of pyridine rings is 1. The zero-order valence-corrected chi connectivity index (χ0v) is 9.14. The minimum atomic E-state index is -2.76. The molecule has 1 saturated carbocycles. The third-order valence-corrected chi connectivity index (χ3v) is 3.28. The molecule has 1 aliphatic carbocycles. The van der Waals surface area contributed by atoms with Gasteiger partial charge in [-0.2, -0.15) is 0 Å². The van der Waals surface area contributed by atoms with Crippen molar-refractivity contribution in [2.75, 3.05) is 0 Å². The molecule has 3 nitrogen and oxygen atoms in total. The number of carboxylic acid groups (broad SMARTS) is 1. The van der Waals surface area contributed by atoms with Crippen molar-refractivity contribution >= 4 is 5.97 Å². The normalized spacial score (nSPS) is 27.6. The molecule has 1 heterocycles. The molecule has 0 spiro atoms. The molecule has 1 aromatic rings. The molecule has 0 unspecified atom stereocenters. The van der Waals surface area contributed by atoms with Crippen molar-refractivity contribution in [2.45, 2.75) is 31.1 Å². The number of aromatic nitrogens is 1. The Bertz CT molecular complexity index is 408. The van der Waals surface area contributed by atoms with Crippen molar-refractivity contribution in [3.8, 4) is 0 Å². The summed E-state index contributed by atoms with van der Waals surface area (Å²) in [6.07, 6.45) is 2.29. The molecule has 5 heteroatoms. The van der Waals surface area contributed by atoms with Gasteiger partial charge in [-0.1, -0.05) is 0 Å². The third kappa shape index (κ3) is 2.60. The predicted octanol–water partition coefficient (Wildman–Crippen LogP) is 2.69. The van der Waals surface area contributed by atoms with E-state index in [1.54, 1.807) is 12.1 Å². The minimum Gasteiger partial charge on any atom is -0.481 e. The lowest BCUT2D eigenvalue weighted by Crippen LogP contribution is -2.35. The van der Waals surface area contributed by atoms with Gasteiger partial charge in [0.1, 0.15) is 0 Å². The molecule has 2 atom stereocenters. The van der Waals surface area contributed by atoms with Crippen LogP contribution in [0.4, 0.5) is 8.78 Å². The van der Waals surface area contributed by atoms with Crippen LogP contribution in [0.3, 0.4) is 0 Å². The van der Waals surface area contributed by atoms with E-state index in [1.165, 1.54) is 12.4 Å². The van der Waals surface area contributed by atoms with Crippen LogP contribution in [0.5, 0.6) is 0 Å². The van der Waals surface area contributed by atoms with Gasteiger partial charge in [0.15, 0.2) is 0 Å². The number of nitrogens with zero attached hydrogens (tertiary/aromatic N) is 1. The number of alkyl halides is 2. The number of carbonyl (C=O) groups is 1. The molecule has 2 rings (SSSR count). The van der Waals surface area contributed by atoms with Crippen LogP contribution in [-0.2, 0) is 4.79 Å². The van der Waals surface area contributed by atoms with E-state index in [0.29, 0.717) is 5.56 Å². The number of carboxylic acids is 1. The quantitative estimate of drug-likeness (QED) is 0.866. The Hall–Kier alpha value is -1.52. The monoisotopic (exact) mass is 241 g/mol. The van der Waals surface area contributed by atoms with Gasteiger partial charge in [-0.25, -0.2) is 8.78 Å². The van der Waals surface area contributed by atoms with Crippen molar-refractivity contribution in [3.63, 3.8) is 0 Å². The average Bonchev–Trinajstić information content (AvgIpc) is 2.28. The number of rotatable bonds is 2. The van der Waals surface area contributed by atoms with E-state index in [0.717, 1.165) is 0 Å². The van der Waals surface area contributed by atoms with Gasteiger partial charge in [0.2, 0.25) is 5.92 Å². The Morgan fingerprint density at radius 1 is 1.41 bits per heavy atom. The smallest absolute Gasteiger partial charge is 0.307 e. The summed E-state index contributed by atoms with van der Waals surface area (Å²) in [6, 6.07) is 3.23. The van der Waals surface area contributed by atoms with Crippen LogP contribution >= 0.6 is 0 Å². The van der Waals surface area contributed by atoms with Crippen LogP contribution < -0.4 is 0 Å². The maximum absolute atomic E-state index is 13.4. The van der Waals surface area contributed by atoms with E-state index in [9.17, 15) is 13.6 Å². The van der Waals surface area contributed by atoms with Crippen molar-refractivity contribution < 1.29 is 18.7 Å². The maximum atomic E-state index is 13.4. The molecule has 92 valence electrons. The highest BCUT2D eigenvalue weighted by Crippen LogP contribution is 2.45. The van der Waals surface area contributed by atoms with Crippen LogP contribution in [0, 0.1) is 5.92 Å². The van der Waals surface area contributed by atoms with E-state index in [-0.39, 0.29) is 12.8 Å². The van der Waals surface area contributed by atoms with E-state index >= 15 is 0 Å². The minimum absolute atomic E-state index is 0.0231. The van der Waals surface area contributed by atoms with Crippen LogP contribution in [0.25, 0.3) is 0 Å². The Labute approximate surface area is 97.5 Å². The summed E-state index contributed by atoms with van der Waals surface area (Å²) in [6.45, 7) is 0. The summed E-state index contributed by atoms with van der Waals surface area (Å²) >= 11 is 0. The molecule has 17 heavy (non-hydrogen) atoms. The summed E-state index contributed by atoms with van der Waals surface area (Å²) in [4.78, 5) is 14.9. The molecule has 1 N–H and O–H groups in total. The molecule has 0 amide bonds. The van der Waals surface area contributed by atoms with E-state index in [4.69, 9.17) is 5.11 Å². The number of hydrogen-bond donors (Lipinski definition) is 1. The fraction of sp³-hybridized carbons (Fsp3) is 0.500. The van der Waals surface area contributed by atoms with Crippen molar-refractivity contribution in [2.24, 2.45) is 5.92 Å². The number of aliphatic carboxylic acids is 1. The Morgan fingerprint density at radius 3 is 2.65 bits per heavy atom. The second-order valence-electron chi connectivity index (χ2n) is 4.43. The fourth-order valence-corrected chi connectivity index (χ4v) is 2.39. The first-order chi connectivity index (χ1) is 7.99. The lowest BCUT2D eigenvalue weighted by molar-refractivity contribution is -0.147. The first-order valence-electron chi connectivity index (χ1n) is 5.50. The predicted molar refractivity (Wildman–Crippen MR) is 56.9 cm³/mol. The molecule has 0 saturated heterocycles. The van der Waals surface area contributed by atoms with Crippen molar-refractivity contribution in [1.82, 2.24) is 4.98 Å². The molecular formula is C12H13F2NO2. The first-order valence-corrected chi connectivity index (χ1v) is 5.50. The van der Waals surface area contributed by atoms with Gasteiger partial charge in [-0.3, -0.25) is 9.78 Å². The Kier molecular flexibility index (Phi) is 3.09. The highest BCUT2D eigenvalue weighted by atomic mass is 19.3. The molecule has 0 aliphatic heterocycles. The van der Waals surface area contributed by atoms with Gasteiger partial charge in [-0.05, 0) is 24.1 Å². The van der Waals surface area contributed by atoms with Gasteiger partial charge < -0.3 is 5.11 Å². The second-order valence-corrected chi connectivity index (χ2v) is 4.43. The third-order valence-electron chi connectivity index (χ3n) is 3.28. The zero-order valence-electron chi connectivity index (χ0n) is 9.14. The maximum Gasteiger partial charge on any atom is 0.307 e. The summed E-state index contributed by atoms with van der Waals surface area (Å²) in [7, 11) is 0. The highest BCUT2D eigenvalue weighted by molar-refractivity contribution is 5.71. The largest absolute Gasteiger partial charge is 0.481 e. The first kappa shape index (κ1) is 12.0. The molecule has 1 aromatic heterocycles.